The van der Waals surface area contributed by atoms with Crippen molar-refractivity contribution in [3.8, 4) is 11.5 Å². The lowest BCUT2D eigenvalue weighted by molar-refractivity contribution is -0.129. The maximum absolute atomic E-state index is 12.2. The molecule has 2 aromatic carbocycles. The van der Waals surface area contributed by atoms with Gasteiger partial charge in [-0.25, -0.2) is 10.2 Å². The van der Waals surface area contributed by atoms with Gasteiger partial charge in [0.2, 0.25) is 5.91 Å². The summed E-state index contributed by atoms with van der Waals surface area (Å²) >= 11 is 0. The van der Waals surface area contributed by atoms with E-state index in [4.69, 9.17) is 9.47 Å². The molecule has 0 spiro atoms. The van der Waals surface area contributed by atoms with Crippen LogP contribution >= 0.6 is 0 Å². The molecule has 6 heteroatoms. The highest BCUT2D eigenvalue weighted by atomic mass is 16.6. The van der Waals surface area contributed by atoms with Gasteiger partial charge in [-0.1, -0.05) is 127 Å². The maximum atomic E-state index is 12.2. The molecule has 0 aromatic heterocycles. The number of ether oxygens (including phenoxy) is 2. The molecule has 0 fully saturated rings. The summed E-state index contributed by atoms with van der Waals surface area (Å²) < 4.78 is 10.8. The van der Waals surface area contributed by atoms with E-state index in [1.165, 1.54) is 96.7 Å². The van der Waals surface area contributed by atoms with Gasteiger partial charge in [-0.2, -0.15) is 5.10 Å². The zero-order chi connectivity index (χ0) is 29.4. The number of hydrazone groups is 1. The van der Waals surface area contributed by atoms with Crippen LogP contribution < -0.4 is 14.9 Å². The van der Waals surface area contributed by atoms with E-state index >= 15 is 0 Å². The van der Waals surface area contributed by atoms with E-state index in [2.05, 4.69) is 17.5 Å². The molecule has 224 valence electrons. The van der Waals surface area contributed by atoms with Crippen LogP contribution in [-0.4, -0.2) is 25.2 Å². The molecule has 1 N–H and O–H groups in total. The third-order valence-electron chi connectivity index (χ3n) is 7.02. The van der Waals surface area contributed by atoms with Crippen molar-refractivity contribution in [2.75, 3.05) is 7.11 Å². The van der Waals surface area contributed by atoms with Gasteiger partial charge < -0.3 is 9.47 Å². The number of rotatable bonds is 22. The quantitative estimate of drug-likeness (QED) is 0.0388. The van der Waals surface area contributed by atoms with Crippen molar-refractivity contribution in [1.29, 1.82) is 0 Å². The normalized spacial score (nSPS) is 11.3. The van der Waals surface area contributed by atoms with Crippen LogP contribution in [0.15, 0.2) is 59.7 Å². The summed E-state index contributed by atoms with van der Waals surface area (Å²) in [5.74, 6) is 0.127. The molecule has 0 saturated carbocycles. The number of amides is 1. The molecule has 0 bridgehead atoms. The van der Waals surface area contributed by atoms with E-state index in [0.717, 1.165) is 18.4 Å². The average molecular weight is 563 g/mol. The molecule has 0 aliphatic rings. The molecule has 41 heavy (non-hydrogen) atoms. The Labute approximate surface area is 247 Å². The first-order chi connectivity index (χ1) is 20.1. The minimum Gasteiger partial charge on any atom is -0.493 e. The van der Waals surface area contributed by atoms with E-state index in [1.54, 1.807) is 30.5 Å². The maximum Gasteiger partial charge on any atom is 0.336 e. The van der Waals surface area contributed by atoms with Crippen LogP contribution in [0.25, 0.3) is 6.08 Å². The highest BCUT2D eigenvalue weighted by Gasteiger charge is 2.09. The lowest BCUT2D eigenvalue weighted by Crippen LogP contribution is -2.16. The topological polar surface area (TPSA) is 77.0 Å². The number of carbonyl (C=O) groups excluding carboxylic acids is 2. The zero-order valence-corrected chi connectivity index (χ0v) is 25.2. The first-order valence-corrected chi connectivity index (χ1v) is 15.6. The molecule has 0 aliphatic heterocycles. The second-order valence-electron chi connectivity index (χ2n) is 10.6. The van der Waals surface area contributed by atoms with Gasteiger partial charge in [-0.3, -0.25) is 4.79 Å². The smallest absolute Gasteiger partial charge is 0.336 e. The zero-order valence-electron chi connectivity index (χ0n) is 25.2. The summed E-state index contributed by atoms with van der Waals surface area (Å²) in [6, 6.07) is 14.6. The molecule has 0 unspecified atom stereocenters. The van der Waals surface area contributed by atoms with Gasteiger partial charge in [-0.05, 0) is 41.8 Å². The second kappa shape index (κ2) is 22.3. The van der Waals surface area contributed by atoms with Gasteiger partial charge in [0, 0.05) is 12.5 Å². The molecule has 0 aliphatic carbocycles. The summed E-state index contributed by atoms with van der Waals surface area (Å²) in [6.07, 6.45) is 24.6. The molecule has 0 radical (unpaired) electrons. The first kappa shape index (κ1) is 33.8. The van der Waals surface area contributed by atoms with E-state index < -0.39 is 5.97 Å². The van der Waals surface area contributed by atoms with Crippen molar-refractivity contribution in [2.45, 2.75) is 110 Å². The first-order valence-electron chi connectivity index (χ1n) is 15.6. The van der Waals surface area contributed by atoms with Crippen molar-refractivity contribution < 1.29 is 19.1 Å². The Hall–Kier alpha value is -3.41. The average Bonchev–Trinajstić information content (AvgIpc) is 2.99. The number of nitrogens with zero attached hydrogens (tertiary/aromatic N) is 1. The lowest BCUT2D eigenvalue weighted by Gasteiger charge is -2.08. The Morgan fingerprint density at radius 2 is 1.32 bits per heavy atom. The summed E-state index contributed by atoms with van der Waals surface area (Å²) in [5, 5.41) is 4.06. The van der Waals surface area contributed by atoms with Crippen LogP contribution in [0.2, 0.25) is 0 Å². The SMILES string of the molecule is CCCCCCCCCCCCCCCCCC(=O)N/N=C\c1ccc(OC(=O)/C=C/c2ccccc2)c(OC)c1. The third kappa shape index (κ3) is 16.4. The lowest BCUT2D eigenvalue weighted by atomic mass is 10.0. The Kier molecular flexibility index (Phi) is 18.4. The van der Waals surface area contributed by atoms with Crippen LogP contribution in [0.1, 0.15) is 121 Å². The fourth-order valence-electron chi connectivity index (χ4n) is 4.61. The monoisotopic (exact) mass is 562 g/mol. The number of nitrogens with one attached hydrogen (secondary N) is 1. The van der Waals surface area contributed by atoms with E-state index in [-0.39, 0.29) is 5.91 Å². The summed E-state index contributed by atoms with van der Waals surface area (Å²) in [5.41, 5.74) is 4.22. The molecule has 0 saturated heterocycles. The van der Waals surface area contributed by atoms with Crippen molar-refractivity contribution in [2.24, 2.45) is 5.10 Å². The molecular formula is C35H50N2O4. The molecule has 2 rings (SSSR count). The highest BCUT2D eigenvalue weighted by Crippen LogP contribution is 2.28. The number of esters is 1. The largest absolute Gasteiger partial charge is 0.493 e. The third-order valence-corrected chi connectivity index (χ3v) is 7.02. The Balaban J connectivity index is 1.54. The van der Waals surface area contributed by atoms with E-state index in [1.807, 2.05) is 30.3 Å². The predicted molar refractivity (Wildman–Crippen MR) is 169 cm³/mol. The molecule has 0 heterocycles. The van der Waals surface area contributed by atoms with Gasteiger partial charge in [0.1, 0.15) is 0 Å². The van der Waals surface area contributed by atoms with Crippen LogP contribution in [0, 0.1) is 0 Å². The fourth-order valence-corrected chi connectivity index (χ4v) is 4.61. The number of unbranched alkanes of at least 4 members (excludes halogenated alkanes) is 14. The van der Waals surface area contributed by atoms with E-state index in [0.29, 0.717) is 23.5 Å². The summed E-state index contributed by atoms with van der Waals surface area (Å²) in [7, 11) is 1.51. The number of benzene rings is 2. The molecular weight excluding hydrogens is 512 g/mol. The highest BCUT2D eigenvalue weighted by molar-refractivity contribution is 5.89. The fraction of sp³-hybridized carbons (Fsp3) is 0.514. The van der Waals surface area contributed by atoms with Crippen LogP contribution in [-0.2, 0) is 9.59 Å². The van der Waals surface area contributed by atoms with Gasteiger partial charge in [0.25, 0.3) is 0 Å². The Morgan fingerprint density at radius 3 is 1.90 bits per heavy atom. The number of hydrogen-bond acceptors (Lipinski definition) is 5. The molecule has 6 nitrogen and oxygen atoms in total. The van der Waals surface area contributed by atoms with Crippen molar-refractivity contribution in [3.05, 3.63) is 65.7 Å². The number of hydrogen-bond donors (Lipinski definition) is 1. The van der Waals surface area contributed by atoms with Crippen molar-refractivity contribution in [3.63, 3.8) is 0 Å². The van der Waals surface area contributed by atoms with Gasteiger partial charge in [-0.15, -0.1) is 0 Å². The van der Waals surface area contributed by atoms with Crippen molar-refractivity contribution >= 4 is 24.2 Å². The summed E-state index contributed by atoms with van der Waals surface area (Å²) in [4.78, 5) is 24.3. The van der Waals surface area contributed by atoms with Gasteiger partial charge in [0.15, 0.2) is 11.5 Å². The minimum absolute atomic E-state index is 0.0846. The number of carbonyl (C=O) groups is 2. The van der Waals surface area contributed by atoms with Gasteiger partial charge in [0.05, 0.1) is 13.3 Å². The van der Waals surface area contributed by atoms with Crippen LogP contribution in [0.4, 0.5) is 0 Å². The van der Waals surface area contributed by atoms with Crippen molar-refractivity contribution in [1.82, 2.24) is 5.43 Å². The van der Waals surface area contributed by atoms with Gasteiger partial charge >= 0.3 is 5.97 Å². The predicted octanol–water partition coefficient (Wildman–Crippen LogP) is 9.03. The molecule has 1 amide bonds. The summed E-state index contributed by atoms with van der Waals surface area (Å²) in [6.45, 7) is 2.27. The molecule has 2 aromatic rings. The van der Waals surface area contributed by atoms with E-state index in [9.17, 15) is 9.59 Å². The molecule has 0 atom stereocenters. The number of methoxy groups -OCH3 is 1. The Morgan fingerprint density at radius 1 is 0.732 bits per heavy atom. The second-order valence-corrected chi connectivity index (χ2v) is 10.6. The standard InChI is InChI=1S/C35H50N2O4/c1-3-4-5-6-7-8-9-10-11-12-13-14-15-16-20-23-34(38)37-36-29-31-24-26-32(33(28-31)40-2)41-35(39)27-25-30-21-18-17-19-22-30/h17-19,21-22,24-29H,3-16,20,23H2,1-2H3,(H,37,38)/b27-25+,36-29-. The Bertz CT molecular complexity index is 1050. The minimum atomic E-state index is -0.500. The van der Waals surface area contributed by atoms with Crippen LogP contribution in [0.5, 0.6) is 11.5 Å². The van der Waals surface area contributed by atoms with Crippen LogP contribution in [0.3, 0.4) is 0 Å².